The number of para-hydroxylation sites is 1. The first kappa shape index (κ1) is 16.0. The first-order valence-electron chi connectivity index (χ1n) is 7.78. The number of hydrogen-bond donors (Lipinski definition) is 1. The second-order valence-corrected chi connectivity index (χ2v) is 5.94. The van der Waals surface area contributed by atoms with Crippen LogP contribution in [0.5, 0.6) is 5.75 Å². The van der Waals surface area contributed by atoms with E-state index in [2.05, 4.69) is 9.73 Å². The number of guanidine groups is 1. The molecule has 2 aliphatic rings. The SMILES string of the molecule is CC1CN(C(N)=N[C@H]2C[C@@H]2c2ccccc2OC(F)F)CCO1. The highest BCUT2D eigenvalue weighted by Crippen LogP contribution is 2.47. The molecule has 126 valence electrons. The first-order valence-corrected chi connectivity index (χ1v) is 7.78. The Morgan fingerprint density at radius 3 is 2.96 bits per heavy atom. The lowest BCUT2D eigenvalue weighted by Crippen LogP contribution is -2.48. The Morgan fingerprint density at radius 2 is 2.22 bits per heavy atom. The molecule has 0 radical (unpaired) electrons. The molecule has 2 fully saturated rings. The third-order valence-corrected chi connectivity index (χ3v) is 4.15. The van der Waals surface area contributed by atoms with Crippen molar-refractivity contribution in [3.05, 3.63) is 29.8 Å². The summed E-state index contributed by atoms with van der Waals surface area (Å²) in [5, 5.41) is 0. The van der Waals surface area contributed by atoms with Gasteiger partial charge in [0.25, 0.3) is 0 Å². The molecule has 2 N–H and O–H groups in total. The number of morpholine rings is 1. The molecule has 3 rings (SSSR count). The van der Waals surface area contributed by atoms with Gasteiger partial charge in [0.2, 0.25) is 0 Å². The summed E-state index contributed by atoms with van der Waals surface area (Å²) < 4.78 is 35.0. The number of rotatable bonds is 4. The molecule has 1 unspecified atom stereocenters. The third-order valence-electron chi connectivity index (χ3n) is 4.15. The Labute approximate surface area is 134 Å². The molecule has 1 saturated carbocycles. The molecule has 1 heterocycles. The highest BCUT2D eigenvalue weighted by molar-refractivity contribution is 5.78. The lowest BCUT2D eigenvalue weighted by Gasteiger charge is -2.31. The molecule has 23 heavy (non-hydrogen) atoms. The van der Waals surface area contributed by atoms with Crippen LogP contribution in [0.3, 0.4) is 0 Å². The van der Waals surface area contributed by atoms with Crippen LogP contribution in [0.1, 0.15) is 24.8 Å². The smallest absolute Gasteiger partial charge is 0.387 e. The Hall–Kier alpha value is -1.89. The van der Waals surface area contributed by atoms with Gasteiger partial charge in [-0.15, -0.1) is 0 Å². The van der Waals surface area contributed by atoms with E-state index in [0.29, 0.717) is 12.6 Å². The van der Waals surface area contributed by atoms with E-state index in [1.807, 2.05) is 24.0 Å². The molecule has 0 bridgehead atoms. The average molecular weight is 325 g/mol. The van der Waals surface area contributed by atoms with Crippen LogP contribution in [0, 0.1) is 0 Å². The van der Waals surface area contributed by atoms with Gasteiger partial charge in [-0.3, -0.25) is 0 Å². The quantitative estimate of drug-likeness (QED) is 0.681. The van der Waals surface area contributed by atoms with Crippen LogP contribution >= 0.6 is 0 Å². The second-order valence-electron chi connectivity index (χ2n) is 5.94. The fourth-order valence-corrected chi connectivity index (χ4v) is 2.93. The van der Waals surface area contributed by atoms with E-state index in [1.165, 1.54) is 0 Å². The number of nitrogens with two attached hydrogens (primary N) is 1. The van der Waals surface area contributed by atoms with Crippen molar-refractivity contribution >= 4 is 5.96 Å². The molecule has 1 aromatic rings. The molecule has 5 nitrogen and oxygen atoms in total. The van der Waals surface area contributed by atoms with E-state index in [0.717, 1.165) is 25.1 Å². The first-order chi connectivity index (χ1) is 11.0. The number of benzene rings is 1. The van der Waals surface area contributed by atoms with Gasteiger partial charge in [-0.05, 0) is 25.0 Å². The molecule has 1 saturated heterocycles. The standard InChI is InChI=1S/C16H21F2N3O2/c1-10-9-21(6-7-22-10)16(19)20-13-8-12(13)11-4-2-3-5-14(11)23-15(17)18/h2-5,10,12-13,15H,6-9H2,1H3,(H2,19,20)/t10?,12-,13+/m1/s1. The molecular weight excluding hydrogens is 304 g/mol. The van der Waals surface area contributed by atoms with Gasteiger partial charge >= 0.3 is 6.61 Å². The van der Waals surface area contributed by atoms with Crippen molar-refractivity contribution in [3.8, 4) is 5.75 Å². The molecule has 0 spiro atoms. The minimum Gasteiger partial charge on any atom is -0.435 e. The lowest BCUT2D eigenvalue weighted by atomic mass is 10.1. The largest absolute Gasteiger partial charge is 0.435 e. The molecule has 1 aliphatic heterocycles. The predicted molar refractivity (Wildman–Crippen MR) is 82.8 cm³/mol. The van der Waals surface area contributed by atoms with Gasteiger partial charge in [0.05, 0.1) is 18.8 Å². The topological polar surface area (TPSA) is 60.1 Å². The Bertz CT molecular complexity index is 582. The summed E-state index contributed by atoms with van der Waals surface area (Å²) in [5.41, 5.74) is 6.85. The van der Waals surface area contributed by atoms with Crippen molar-refractivity contribution in [2.24, 2.45) is 10.7 Å². The number of hydrogen-bond acceptors (Lipinski definition) is 3. The number of nitrogens with zero attached hydrogens (tertiary/aromatic N) is 2. The minimum absolute atomic E-state index is 0.0237. The van der Waals surface area contributed by atoms with Gasteiger partial charge in [0, 0.05) is 19.0 Å². The summed E-state index contributed by atoms with van der Waals surface area (Å²) in [5.74, 6) is 0.811. The van der Waals surface area contributed by atoms with Gasteiger partial charge in [-0.2, -0.15) is 8.78 Å². The maximum absolute atomic E-state index is 12.5. The summed E-state index contributed by atoms with van der Waals surface area (Å²) in [7, 11) is 0. The van der Waals surface area contributed by atoms with Crippen LogP contribution in [0.25, 0.3) is 0 Å². The average Bonchev–Trinajstić information content (AvgIpc) is 3.26. The molecular formula is C16H21F2N3O2. The normalized spacial score (nSPS) is 28.1. The monoisotopic (exact) mass is 325 g/mol. The summed E-state index contributed by atoms with van der Waals surface area (Å²) in [6.45, 7) is 1.25. The molecule has 3 atom stereocenters. The Morgan fingerprint density at radius 1 is 1.43 bits per heavy atom. The van der Waals surface area contributed by atoms with Crippen molar-refractivity contribution in [3.63, 3.8) is 0 Å². The van der Waals surface area contributed by atoms with E-state index in [-0.39, 0.29) is 23.8 Å². The van der Waals surface area contributed by atoms with Gasteiger partial charge in [-0.1, -0.05) is 18.2 Å². The third kappa shape index (κ3) is 3.90. The van der Waals surface area contributed by atoms with E-state index in [9.17, 15) is 8.78 Å². The van der Waals surface area contributed by atoms with Crippen LogP contribution in [-0.4, -0.2) is 49.3 Å². The lowest BCUT2D eigenvalue weighted by molar-refractivity contribution is -0.0504. The van der Waals surface area contributed by atoms with Crippen LogP contribution in [0.2, 0.25) is 0 Å². The maximum atomic E-state index is 12.5. The van der Waals surface area contributed by atoms with Crippen molar-refractivity contribution in [1.82, 2.24) is 4.90 Å². The number of halogens is 2. The van der Waals surface area contributed by atoms with Crippen LogP contribution in [0.4, 0.5) is 8.78 Å². The van der Waals surface area contributed by atoms with Crippen LogP contribution < -0.4 is 10.5 Å². The zero-order chi connectivity index (χ0) is 16.4. The highest BCUT2D eigenvalue weighted by Gasteiger charge is 2.41. The zero-order valence-corrected chi connectivity index (χ0v) is 13.0. The summed E-state index contributed by atoms with van der Waals surface area (Å²) in [6, 6.07) is 6.90. The van der Waals surface area contributed by atoms with E-state index >= 15 is 0 Å². The van der Waals surface area contributed by atoms with E-state index in [4.69, 9.17) is 10.5 Å². The predicted octanol–water partition coefficient (Wildman–Crippen LogP) is 2.18. The zero-order valence-electron chi connectivity index (χ0n) is 13.0. The van der Waals surface area contributed by atoms with Crippen LogP contribution in [-0.2, 0) is 4.74 Å². The summed E-state index contributed by atoms with van der Waals surface area (Å²) in [6.07, 6.45) is 0.928. The van der Waals surface area contributed by atoms with Crippen molar-refractivity contribution in [2.75, 3.05) is 19.7 Å². The van der Waals surface area contributed by atoms with E-state index in [1.54, 1.807) is 12.1 Å². The molecule has 1 aromatic carbocycles. The van der Waals surface area contributed by atoms with Gasteiger partial charge in [0.15, 0.2) is 5.96 Å². The number of alkyl halides is 2. The highest BCUT2D eigenvalue weighted by atomic mass is 19.3. The number of ether oxygens (including phenoxy) is 2. The van der Waals surface area contributed by atoms with Crippen molar-refractivity contribution < 1.29 is 18.3 Å². The maximum Gasteiger partial charge on any atom is 0.387 e. The van der Waals surface area contributed by atoms with Gasteiger partial charge in [0.1, 0.15) is 5.75 Å². The summed E-state index contributed by atoms with van der Waals surface area (Å²) in [4.78, 5) is 6.55. The fourth-order valence-electron chi connectivity index (χ4n) is 2.93. The van der Waals surface area contributed by atoms with Crippen molar-refractivity contribution in [2.45, 2.75) is 38.0 Å². The van der Waals surface area contributed by atoms with Gasteiger partial charge < -0.3 is 20.1 Å². The molecule has 0 amide bonds. The number of aliphatic imine (C=N–C) groups is 1. The van der Waals surface area contributed by atoms with Crippen molar-refractivity contribution in [1.29, 1.82) is 0 Å². The molecule has 0 aromatic heterocycles. The minimum atomic E-state index is -2.82. The van der Waals surface area contributed by atoms with E-state index < -0.39 is 6.61 Å². The van der Waals surface area contributed by atoms with Gasteiger partial charge in [-0.25, -0.2) is 4.99 Å². The Balaban J connectivity index is 1.66. The second kappa shape index (κ2) is 6.70. The molecule has 1 aliphatic carbocycles. The Kier molecular flexibility index (Phi) is 4.66. The summed E-state index contributed by atoms with van der Waals surface area (Å²) >= 11 is 0. The van der Waals surface area contributed by atoms with Crippen LogP contribution in [0.15, 0.2) is 29.3 Å². The molecule has 7 heteroatoms. The fraction of sp³-hybridized carbons (Fsp3) is 0.562.